The first-order valence-electron chi connectivity index (χ1n) is 11.8. The van der Waals surface area contributed by atoms with Gasteiger partial charge >= 0.3 is 0 Å². The zero-order chi connectivity index (χ0) is 24.9. The third-order valence-electron chi connectivity index (χ3n) is 5.91. The molecular formula is C26H39N3O5. The Hall–Kier alpha value is -2.84. The van der Waals surface area contributed by atoms with E-state index < -0.39 is 0 Å². The lowest BCUT2D eigenvalue weighted by molar-refractivity contribution is -0.144. The number of nitrogens with zero attached hydrogens (tertiary/aromatic N) is 3. The number of amides is 2. The molecule has 8 heteroatoms. The molecule has 0 radical (unpaired) electrons. The van der Waals surface area contributed by atoms with Gasteiger partial charge in [0.05, 0.1) is 20.2 Å². The Balaban J connectivity index is 2.17. The molecule has 2 rings (SSSR count). The van der Waals surface area contributed by atoms with Crippen molar-refractivity contribution in [2.75, 3.05) is 47.6 Å². The lowest BCUT2D eigenvalue weighted by atomic mass is 10.2. The molecule has 8 nitrogen and oxygen atoms in total. The summed E-state index contributed by atoms with van der Waals surface area (Å²) in [5.41, 5.74) is 2.15. The molecule has 0 aliphatic rings. The number of aromatic nitrogens is 1. The molecule has 1 aromatic carbocycles. The smallest absolute Gasteiger partial charge is 0.249 e. The average molecular weight is 474 g/mol. The normalized spacial score (nSPS) is 11.8. The van der Waals surface area contributed by atoms with Gasteiger partial charge in [-0.05, 0) is 49.6 Å². The van der Waals surface area contributed by atoms with Gasteiger partial charge in [-0.25, -0.2) is 0 Å². The second kappa shape index (κ2) is 14.4. The average Bonchev–Trinajstić information content (AvgIpc) is 3.28. The molecule has 2 aromatic rings. The maximum atomic E-state index is 13.4. The van der Waals surface area contributed by atoms with Crippen molar-refractivity contribution < 1.29 is 23.8 Å². The summed E-state index contributed by atoms with van der Waals surface area (Å²) >= 11 is 0. The summed E-state index contributed by atoms with van der Waals surface area (Å²) in [7, 11) is 4.76. The number of benzene rings is 1. The van der Waals surface area contributed by atoms with E-state index in [2.05, 4.69) is 17.6 Å². The Kier molecular flexibility index (Phi) is 11.6. The molecule has 0 spiro atoms. The molecule has 0 aliphatic heterocycles. The zero-order valence-electron chi connectivity index (χ0n) is 21.2. The summed E-state index contributed by atoms with van der Waals surface area (Å²) < 4.78 is 17.6. The molecule has 1 atom stereocenters. The second-order valence-corrected chi connectivity index (χ2v) is 8.35. The van der Waals surface area contributed by atoms with Gasteiger partial charge in [0.15, 0.2) is 0 Å². The number of carbonyl (C=O) groups excluding carboxylic acids is 2. The van der Waals surface area contributed by atoms with Gasteiger partial charge in [-0.2, -0.15) is 0 Å². The highest BCUT2D eigenvalue weighted by Crippen LogP contribution is 2.17. The van der Waals surface area contributed by atoms with Gasteiger partial charge in [0, 0.05) is 51.8 Å². The molecule has 0 bridgehead atoms. The zero-order valence-corrected chi connectivity index (χ0v) is 21.2. The minimum Gasteiger partial charge on any atom is -0.497 e. The van der Waals surface area contributed by atoms with E-state index in [0.717, 1.165) is 23.4 Å². The summed E-state index contributed by atoms with van der Waals surface area (Å²) in [4.78, 5) is 29.4. The first-order valence-corrected chi connectivity index (χ1v) is 11.8. The van der Waals surface area contributed by atoms with Crippen LogP contribution in [-0.4, -0.2) is 79.9 Å². The molecule has 0 N–H and O–H groups in total. The van der Waals surface area contributed by atoms with Gasteiger partial charge in [0.2, 0.25) is 11.8 Å². The van der Waals surface area contributed by atoms with Crippen molar-refractivity contribution in [3.8, 4) is 5.75 Å². The highest BCUT2D eigenvalue weighted by Gasteiger charge is 2.25. The summed E-state index contributed by atoms with van der Waals surface area (Å²) in [6.07, 6.45) is 3.50. The number of hydrogen-bond acceptors (Lipinski definition) is 5. The van der Waals surface area contributed by atoms with Crippen LogP contribution in [0.4, 0.5) is 0 Å². The fourth-order valence-electron chi connectivity index (χ4n) is 3.76. The van der Waals surface area contributed by atoms with Crippen LogP contribution in [0.2, 0.25) is 0 Å². The minimum atomic E-state index is -0.197. The number of rotatable bonds is 15. The van der Waals surface area contributed by atoms with E-state index in [1.807, 2.05) is 48.4 Å². The Morgan fingerprint density at radius 3 is 2.53 bits per heavy atom. The second-order valence-electron chi connectivity index (χ2n) is 8.35. The molecule has 1 unspecified atom stereocenters. The molecule has 0 saturated carbocycles. The summed E-state index contributed by atoms with van der Waals surface area (Å²) in [5.74, 6) is 0.541. The Morgan fingerprint density at radius 2 is 1.85 bits per heavy atom. The van der Waals surface area contributed by atoms with Crippen molar-refractivity contribution in [2.45, 2.75) is 45.8 Å². The van der Waals surface area contributed by atoms with Crippen molar-refractivity contribution in [2.24, 2.45) is 0 Å². The predicted octanol–water partition coefficient (Wildman–Crippen LogP) is 3.18. The Bertz CT molecular complexity index is 898. The van der Waals surface area contributed by atoms with E-state index in [-0.39, 0.29) is 31.0 Å². The predicted molar refractivity (Wildman–Crippen MR) is 132 cm³/mol. The Labute approximate surface area is 203 Å². The number of hydrogen-bond donors (Lipinski definition) is 0. The van der Waals surface area contributed by atoms with Crippen LogP contribution < -0.4 is 4.74 Å². The van der Waals surface area contributed by atoms with Crippen LogP contribution in [-0.2, 0) is 32.2 Å². The monoisotopic (exact) mass is 473 g/mol. The van der Waals surface area contributed by atoms with Crippen molar-refractivity contribution >= 4 is 11.8 Å². The fourth-order valence-corrected chi connectivity index (χ4v) is 3.76. The summed E-state index contributed by atoms with van der Waals surface area (Å²) in [6.45, 7) is 6.19. The molecule has 0 saturated heterocycles. The van der Waals surface area contributed by atoms with E-state index in [1.165, 1.54) is 7.11 Å². The SMILES string of the molecule is CCC(C)N(Cc1cccn1Cc1cccc(OC)c1)C(=O)CN(CCCOC)C(=O)COC. The largest absolute Gasteiger partial charge is 0.497 e. The number of ether oxygens (including phenoxy) is 3. The topological polar surface area (TPSA) is 73.2 Å². The third kappa shape index (κ3) is 8.18. The molecule has 1 aromatic heterocycles. The molecule has 1 heterocycles. The van der Waals surface area contributed by atoms with Gasteiger partial charge in [0.1, 0.15) is 12.4 Å². The number of carbonyl (C=O) groups is 2. The first-order chi connectivity index (χ1) is 16.4. The van der Waals surface area contributed by atoms with Gasteiger partial charge in [-0.15, -0.1) is 0 Å². The van der Waals surface area contributed by atoms with Crippen LogP contribution in [0.15, 0.2) is 42.6 Å². The van der Waals surface area contributed by atoms with E-state index in [1.54, 1.807) is 19.1 Å². The first kappa shape index (κ1) is 27.4. The third-order valence-corrected chi connectivity index (χ3v) is 5.91. The quantitative estimate of drug-likeness (QED) is 0.372. The summed E-state index contributed by atoms with van der Waals surface area (Å²) in [5, 5.41) is 0. The standard InChI is InChI=1S/C26H39N3O5/c1-6-21(2)29(25(30)19-28(14-9-15-32-3)26(31)20-33-4)18-23-11-8-13-27(23)17-22-10-7-12-24(16-22)34-5/h7-8,10-13,16,21H,6,9,14-15,17-20H2,1-5H3. The van der Waals surface area contributed by atoms with Crippen LogP contribution in [0.25, 0.3) is 0 Å². The van der Waals surface area contributed by atoms with Crippen molar-refractivity contribution in [3.63, 3.8) is 0 Å². The molecule has 34 heavy (non-hydrogen) atoms. The van der Waals surface area contributed by atoms with E-state index in [4.69, 9.17) is 14.2 Å². The van der Waals surface area contributed by atoms with Gasteiger partial charge < -0.3 is 28.6 Å². The fraction of sp³-hybridized carbons (Fsp3) is 0.538. The van der Waals surface area contributed by atoms with Crippen molar-refractivity contribution in [3.05, 3.63) is 53.9 Å². The van der Waals surface area contributed by atoms with E-state index in [9.17, 15) is 9.59 Å². The van der Waals surface area contributed by atoms with Gasteiger partial charge in [-0.1, -0.05) is 19.1 Å². The van der Waals surface area contributed by atoms with E-state index >= 15 is 0 Å². The minimum absolute atomic E-state index is 0.0207. The molecule has 2 amide bonds. The Morgan fingerprint density at radius 1 is 1.06 bits per heavy atom. The van der Waals surface area contributed by atoms with Crippen LogP contribution in [0.3, 0.4) is 0 Å². The lowest BCUT2D eigenvalue weighted by Gasteiger charge is -2.32. The lowest BCUT2D eigenvalue weighted by Crippen LogP contribution is -2.47. The van der Waals surface area contributed by atoms with Gasteiger partial charge in [-0.3, -0.25) is 9.59 Å². The van der Waals surface area contributed by atoms with E-state index in [0.29, 0.717) is 32.7 Å². The van der Waals surface area contributed by atoms with Crippen molar-refractivity contribution in [1.82, 2.24) is 14.4 Å². The van der Waals surface area contributed by atoms with Crippen LogP contribution in [0, 0.1) is 0 Å². The molecular weight excluding hydrogens is 434 g/mol. The highest BCUT2D eigenvalue weighted by molar-refractivity contribution is 5.85. The van der Waals surface area contributed by atoms with Crippen molar-refractivity contribution in [1.29, 1.82) is 0 Å². The summed E-state index contributed by atoms with van der Waals surface area (Å²) in [6, 6.07) is 12.0. The maximum absolute atomic E-state index is 13.4. The van der Waals surface area contributed by atoms with Crippen LogP contribution in [0.5, 0.6) is 5.75 Å². The highest BCUT2D eigenvalue weighted by atomic mass is 16.5. The molecule has 0 aliphatic carbocycles. The molecule has 188 valence electrons. The maximum Gasteiger partial charge on any atom is 0.249 e. The van der Waals surface area contributed by atoms with Gasteiger partial charge in [0.25, 0.3) is 0 Å². The van der Waals surface area contributed by atoms with Crippen LogP contribution >= 0.6 is 0 Å². The number of methoxy groups -OCH3 is 3. The molecule has 0 fully saturated rings. The van der Waals surface area contributed by atoms with Crippen LogP contribution in [0.1, 0.15) is 37.9 Å².